The Morgan fingerprint density at radius 1 is 1.07 bits per heavy atom. The first-order valence-electron chi connectivity index (χ1n) is 4.20. The summed E-state index contributed by atoms with van der Waals surface area (Å²) >= 11 is 0. The number of rotatable bonds is 5. The van der Waals surface area contributed by atoms with Gasteiger partial charge in [0, 0.05) is 6.92 Å². The molecule has 0 aliphatic heterocycles. The van der Waals surface area contributed by atoms with Crippen LogP contribution in [0.4, 0.5) is 26.3 Å². The zero-order chi connectivity index (χ0) is 12.5. The highest BCUT2D eigenvalue weighted by atomic mass is 19.3. The van der Waals surface area contributed by atoms with Gasteiger partial charge in [0.05, 0.1) is 0 Å². The second-order valence-corrected chi connectivity index (χ2v) is 3.44. The predicted molar refractivity (Wildman–Crippen MR) is 41.4 cm³/mol. The van der Waals surface area contributed by atoms with Crippen molar-refractivity contribution in [3.63, 3.8) is 0 Å². The molecule has 0 amide bonds. The molecule has 15 heavy (non-hydrogen) atoms. The number of halogens is 6. The third-order valence-corrected chi connectivity index (χ3v) is 2.22. The summed E-state index contributed by atoms with van der Waals surface area (Å²) in [5.41, 5.74) is -2.62. The van der Waals surface area contributed by atoms with Crippen molar-refractivity contribution in [1.82, 2.24) is 0 Å². The Morgan fingerprint density at radius 3 is 1.67 bits per heavy atom. The second-order valence-electron chi connectivity index (χ2n) is 3.44. The fourth-order valence-electron chi connectivity index (χ4n) is 0.817. The van der Waals surface area contributed by atoms with Crippen LogP contribution in [0.25, 0.3) is 0 Å². The summed E-state index contributed by atoms with van der Waals surface area (Å²) in [6.07, 6.45) is -9.52. The molecule has 0 aromatic rings. The summed E-state index contributed by atoms with van der Waals surface area (Å²) in [5.74, 6) is -3.64. The number of ether oxygens (including phenoxy) is 1. The van der Waals surface area contributed by atoms with Gasteiger partial charge >= 0.3 is 12.5 Å². The molecule has 1 nitrogen and oxygen atoms in total. The van der Waals surface area contributed by atoms with Crippen LogP contribution in [-0.2, 0) is 4.74 Å². The van der Waals surface area contributed by atoms with Crippen molar-refractivity contribution in [2.75, 3.05) is 0 Å². The molecular formula is C8H12F6O. The number of hydrogen-bond acceptors (Lipinski definition) is 1. The van der Waals surface area contributed by atoms with Crippen LogP contribution in [0.3, 0.4) is 0 Å². The SMILES string of the molecule is CCC(C)(OC(F)(F)C(F)F)C(C)(F)F. The molecule has 0 rings (SSSR count). The molecule has 0 aliphatic rings. The van der Waals surface area contributed by atoms with E-state index < -0.39 is 30.5 Å². The summed E-state index contributed by atoms with van der Waals surface area (Å²) in [5, 5.41) is 0. The highest BCUT2D eigenvalue weighted by Gasteiger charge is 2.55. The van der Waals surface area contributed by atoms with Gasteiger partial charge in [-0.25, -0.2) is 17.6 Å². The normalized spacial score (nSPS) is 18.0. The molecule has 0 bridgehead atoms. The second kappa shape index (κ2) is 4.19. The molecule has 0 heterocycles. The van der Waals surface area contributed by atoms with Crippen molar-refractivity contribution in [2.24, 2.45) is 0 Å². The van der Waals surface area contributed by atoms with E-state index in [1.54, 1.807) is 0 Å². The zero-order valence-corrected chi connectivity index (χ0v) is 8.46. The maximum Gasteiger partial charge on any atom is 0.417 e. The average molecular weight is 238 g/mol. The molecule has 0 radical (unpaired) electrons. The van der Waals surface area contributed by atoms with Crippen LogP contribution >= 0.6 is 0 Å². The molecule has 0 N–H and O–H groups in total. The van der Waals surface area contributed by atoms with E-state index in [0.29, 0.717) is 13.8 Å². The minimum Gasteiger partial charge on any atom is -0.303 e. The topological polar surface area (TPSA) is 9.23 Å². The third-order valence-electron chi connectivity index (χ3n) is 2.22. The van der Waals surface area contributed by atoms with Crippen molar-refractivity contribution in [1.29, 1.82) is 0 Å². The molecule has 0 saturated carbocycles. The van der Waals surface area contributed by atoms with E-state index in [9.17, 15) is 26.3 Å². The van der Waals surface area contributed by atoms with Gasteiger partial charge in [-0.05, 0) is 13.3 Å². The van der Waals surface area contributed by atoms with Crippen molar-refractivity contribution in [3.05, 3.63) is 0 Å². The van der Waals surface area contributed by atoms with Gasteiger partial charge in [0.2, 0.25) is 0 Å². The van der Waals surface area contributed by atoms with Gasteiger partial charge in [-0.3, -0.25) is 0 Å². The Hall–Kier alpha value is -0.460. The van der Waals surface area contributed by atoms with Crippen LogP contribution in [0, 0.1) is 0 Å². The molecule has 0 aromatic carbocycles. The van der Waals surface area contributed by atoms with Gasteiger partial charge in [0.25, 0.3) is 5.92 Å². The minimum atomic E-state index is -4.87. The zero-order valence-electron chi connectivity index (χ0n) is 8.46. The lowest BCUT2D eigenvalue weighted by atomic mass is 9.96. The molecule has 0 aromatic heterocycles. The molecule has 0 aliphatic carbocycles. The average Bonchev–Trinajstić information content (AvgIpc) is 2.01. The van der Waals surface area contributed by atoms with E-state index in [1.165, 1.54) is 0 Å². The maximum absolute atomic E-state index is 12.9. The van der Waals surface area contributed by atoms with Crippen LogP contribution in [0.2, 0.25) is 0 Å². The fraction of sp³-hybridized carbons (Fsp3) is 1.00. The summed E-state index contributed by atoms with van der Waals surface area (Å²) < 4.78 is 77.7. The first-order chi connectivity index (χ1) is 6.46. The van der Waals surface area contributed by atoms with Gasteiger partial charge in [-0.2, -0.15) is 8.78 Å². The van der Waals surface area contributed by atoms with Crippen LogP contribution in [-0.4, -0.2) is 24.1 Å². The van der Waals surface area contributed by atoms with Crippen molar-refractivity contribution < 1.29 is 31.1 Å². The molecule has 7 heteroatoms. The van der Waals surface area contributed by atoms with Gasteiger partial charge in [0.15, 0.2) is 0 Å². The Balaban J connectivity index is 4.88. The quantitative estimate of drug-likeness (QED) is 0.664. The molecular weight excluding hydrogens is 226 g/mol. The van der Waals surface area contributed by atoms with Crippen LogP contribution in [0.15, 0.2) is 0 Å². The van der Waals surface area contributed by atoms with E-state index in [1.807, 2.05) is 0 Å². The molecule has 92 valence electrons. The largest absolute Gasteiger partial charge is 0.417 e. The van der Waals surface area contributed by atoms with Crippen LogP contribution in [0.1, 0.15) is 27.2 Å². The smallest absolute Gasteiger partial charge is 0.303 e. The lowest BCUT2D eigenvalue weighted by molar-refractivity contribution is -0.370. The summed E-state index contributed by atoms with van der Waals surface area (Å²) in [6, 6.07) is 0. The summed E-state index contributed by atoms with van der Waals surface area (Å²) in [7, 11) is 0. The Kier molecular flexibility index (Phi) is 4.06. The van der Waals surface area contributed by atoms with Gasteiger partial charge < -0.3 is 4.74 Å². The van der Waals surface area contributed by atoms with E-state index >= 15 is 0 Å². The Bertz CT molecular complexity index is 212. The van der Waals surface area contributed by atoms with Gasteiger partial charge in [0.1, 0.15) is 5.60 Å². The van der Waals surface area contributed by atoms with Gasteiger partial charge in [-0.15, -0.1) is 0 Å². The molecule has 0 fully saturated rings. The molecule has 0 spiro atoms. The highest BCUT2D eigenvalue weighted by molar-refractivity contribution is 4.88. The first-order valence-corrected chi connectivity index (χ1v) is 4.20. The summed E-state index contributed by atoms with van der Waals surface area (Å²) in [6.45, 7) is 2.17. The van der Waals surface area contributed by atoms with Crippen LogP contribution < -0.4 is 0 Å². The third kappa shape index (κ3) is 3.25. The number of hydrogen-bond donors (Lipinski definition) is 0. The standard InChI is InChI=1S/C8H12F6O/c1-4-6(2,7(3,11)12)15-8(13,14)5(9)10/h5H,4H2,1-3H3. The molecule has 0 saturated heterocycles. The lowest BCUT2D eigenvalue weighted by Gasteiger charge is -2.36. The van der Waals surface area contributed by atoms with Crippen molar-refractivity contribution >= 4 is 0 Å². The maximum atomic E-state index is 12.9. The number of alkyl halides is 6. The van der Waals surface area contributed by atoms with E-state index in [-0.39, 0.29) is 0 Å². The van der Waals surface area contributed by atoms with E-state index in [2.05, 4.69) is 4.74 Å². The van der Waals surface area contributed by atoms with Crippen molar-refractivity contribution in [2.45, 2.75) is 51.2 Å². The first kappa shape index (κ1) is 14.5. The lowest BCUT2D eigenvalue weighted by Crippen LogP contribution is -2.51. The molecule has 1 atom stereocenters. The highest BCUT2D eigenvalue weighted by Crippen LogP contribution is 2.40. The minimum absolute atomic E-state index is 0.345. The van der Waals surface area contributed by atoms with E-state index in [0.717, 1.165) is 6.92 Å². The Morgan fingerprint density at radius 2 is 1.47 bits per heavy atom. The summed E-state index contributed by atoms with van der Waals surface area (Å²) in [4.78, 5) is 0. The van der Waals surface area contributed by atoms with Crippen molar-refractivity contribution in [3.8, 4) is 0 Å². The van der Waals surface area contributed by atoms with Crippen LogP contribution in [0.5, 0.6) is 0 Å². The fourth-order valence-corrected chi connectivity index (χ4v) is 0.817. The molecule has 1 unspecified atom stereocenters. The Labute approximate surface area is 83.4 Å². The monoisotopic (exact) mass is 238 g/mol. The van der Waals surface area contributed by atoms with Gasteiger partial charge in [-0.1, -0.05) is 6.92 Å². The van der Waals surface area contributed by atoms with E-state index in [4.69, 9.17) is 0 Å². The predicted octanol–water partition coefficient (Wildman–Crippen LogP) is 3.68.